The Bertz CT molecular complexity index is 618. The van der Waals surface area contributed by atoms with Crippen molar-refractivity contribution < 1.29 is 9.15 Å². The summed E-state index contributed by atoms with van der Waals surface area (Å²) in [4.78, 5) is 4.59. The second-order valence-corrected chi connectivity index (χ2v) is 6.04. The maximum Gasteiger partial charge on any atom is 0.198 e. The van der Waals surface area contributed by atoms with Crippen LogP contribution in [-0.4, -0.2) is 23.7 Å². The summed E-state index contributed by atoms with van der Waals surface area (Å²) in [5.41, 5.74) is 2.94. The molecule has 1 aliphatic carbocycles. The first-order chi connectivity index (χ1) is 9.78. The minimum absolute atomic E-state index is 0.333. The van der Waals surface area contributed by atoms with E-state index in [1.807, 2.05) is 6.07 Å². The molecule has 1 N–H and O–H groups in total. The lowest BCUT2D eigenvalue weighted by Gasteiger charge is -2.12. The highest BCUT2D eigenvalue weighted by Gasteiger charge is 2.29. The number of anilines is 1. The monoisotopic (exact) mass is 272 g/mol. The minimum Gasteiger partial charge on any atom is -0.440 e. The maximum absolute atomic E-state index is 5.82. The van der Waals surface area contributed by atoms with Crippen LogP contribution in [0.4, 0.5) is 5.69 Å². The van der Waals surface area contributed by atoms with Gasteiger partial charge < -0.3 is 14.5 Å². The minimum atomic E-state index is 0.333. The fourth-order valence-electron chi connectivity index (χ4n) is 2.83. The van der Waals surface area contributed by atoms with Crippen molar-refractivity contribution in [3.05, 3.63) is 24.1 Å². The first kappa shape index (κ1) is 12.2. The summed E-state index contributed by atoms with van der Waals surface area (Å²) in [7, 11) is 0. The molecule has 2 aromatic rings. The molecule has 1 aromatic carbocycles. The van der Waals surface area contributed by atoms with Crippen LogP contribution in [0, 0.1) is 0 Å². The van der Waals surface area contributed by atoms with Crippen molar-refractivity contribution in [1.82, 2.24) is 4.98 Å². The molecule has 4 heteroatoms. The Morgan fingerprint density at radius 3 is 2.90 bits per heavy atom. The molecule has 2 aliphatic rings. The molecule has 0 bridgehead atoms. The molecule has 2 unspecified atom stereocenters. The summed E-state index contributed by atoms with van der Waals surface area (Å²) >= 11 is 0. The molecule has 1 aliphatic heterocycles. The number of aromatic nitrogens is 1. The molecule has 2 fully saturated rings. The van der Waals surface area contributed by atoms with Crippen LogP contribution in [0.1, 0.15) is 44.4 Å². The molecular weight excluding hydrogens is 252 g/mol. The van der Waals surface area contributed by atoms with Gasteiger partial charge in [-0.15, -0.1) is 0 Å². The van der Waals surface area contributed by atoms with E-state index in [0.717, 1.165) is 35.6 Å². The summed E-state index contributed by atoms with van der Waals surface area (Å²) < 4.78 is 11.6. The SMILES string of the molecule is CC1CCC(CNc2ccc3oc(C4CC4)nc3c2)O1. The number of oxazole rings is 1. The summed E-state index contributed by atoms with van der Waals surface area (Å²) in [6, 6.07) is 6.14. The number of hydrogen-bond donors (Lipinski definition) is 1. The fraction of sp³-hybridized carbons (Fsp3) is 0.562. The first-order valence-electron chi connectivity index (χ1n) is 7.58. The van der Waals surface area contributed by atoms with Crippen LogP contribution in [0.25, 0.3) is 11.1 Å². The molecule has 1 saturated carbocycles. The van der Waals surface area contributed by atoms with Crippen molar-refractivity contribution in [1.29, 1.82) is 0 Å². The van der Waals surface area contributed by atoms with E-state index in [4.69, 9.17) is 9.15 Å². The Morgan fingerprint density at radius 2 is 2.15 bits per heavy atom. The molecule has 0 amide bonds. The van der Waals surface area contributed by atoms with Gasteiger partial charge in [0.25, 0.3) is 0 Å². The molecule has 2 atom stereocenters. The van der Waals surface area contributed by atoms with E-state index < -0.39 is 0 Å². The van der Waals surface area contributed by atoms with E-state index >= 15 is 0 Å². The number of hydrogen-bond acceptors (Lipinski definition) is 4. The predicted molar refractivity (Wildman–Crippen MR) is 78.0 cm³/mol. The largest absolute Gasteiger partial charge is 0.440 e. The number of nitrogens with one attached hydrogen (secondary N) is 1. The lowest BCUT2D eigenvalue weighted by Crippen LogP contribution is -2.19. The highest BCUT2D eigenvalue weighted by molar-refractivity contribution is 5.77. The van der Waals surface area contributed by atoms with Crippen LogP contribution < -0.4 is 5.32 Å². The highest BCUT2D eigenvalue weighted by atomic mass is 16.5. The Morgan fingerprint density at radius 1 is 1.25 bits per heavy atom. The van der Waals surface area contributed by atoms with E-state index in [9.17, 15) is 0 Å². The van der Waals surface area contributed by atoms with E-state index in [1.54, 1.807) is 0 Å². The van der Waals surface area contributed by atoms with Gasteiger partial charge in [-0.05, 0) is 50.8 Å². The van der Waals surface area contributed by atoms with E-state index in [0.29, 0.717) is 18.1 Å². The van der Waals surface area contributed by atoms with Gasteiger partial charge in [-0.2, -0.15) is 0 Å². The van der Waals surface area contributed by atoms with Gasteiger partial charge >= 0.3 is 0 Å². The Labute approximate surface area is 118 Å². The zero-order valence-corrected chi connectivity index (χ0v) is 11.8. The predicted octanol–water partition coefficient (Wildman–Crippen LogP) is 3.68. The third-order valence-corrected chi connectivity index (χ3v) is 4.18. The molecule has 2 heterocycles. The third-order valence-electron chi connectivity index (χ3n) is 4.18. The van der Waals surface area contributed by atoms with E-state index in [-0.39, 0.29) is 0 Å². The van der Waals surface area contributed by atoms with Crippen LogP contribution in [-0.2, 0) is 4.74 Å². The molecular formula is C16H20N2O2. The van der Waals surface area contributed by atoms with Gasteiger partial charge in [0.1, 0.15) is 5.52 Å². The van der Waals surface area contributed by atoms with Gasteiger partial charge in [-0.25, -0.2) is 4.98 Å². The Kier molecular flexibility index (Phi) is 2.91. The van der Waals surface area contributed by atoms with Gasteiger partial charge in [0, 0.05) is 18.2 Å². The first-order valence-corrected chi connectivity index (χ1v) is 7.58. The van der Waals surface area contributed by atoms with Crippen LogP contribution in [0.5, 0.6) is 0 Å². The average Bonchev–Trinajstić information content (AvgIpc) is 3.08. The van der Waals surface area contributed by atoms with E-state index in [2.05, 4.69) is 29.4 Å². The normalized spacial score (nSPS) is 26.2. The van der Waals surface area contributed by atoms with Gasteiger partial charge in [0.2, 0.25) is 0 Å². The smallest absolute Gasteiger partial charge is 0.198 e. The molecule has 106 valence electrons. The van der Waals surface area contributed by atoms with Gasteiger partial charge in [0.15, 0.2) is 11.5 Å². The Balaban J connectivity index is 1.46. The molecule has 1 aromatic heterocycles. The third kappa shape index (κ3) is 2.40. The quantitative estimate of drug-likeness (QED) is 0.922. The van der Waals surface area contributed by atoms with Crippen molar-refractivity contribution in [2.24, 2.45) is 0 Å². The van der Waals surface area contributed by atoms with E-state index in [1.165, 1.54) is 19.3 Å². The van der Waals surface area contributed by atoms with Crippen LogP contribution in [0.3, 0.4) is 0 Å². The van der Waals surface area contributed by atoms with Crippen molar-refractivity contribution >= 4 is 16.8 Å². The molecule has 1 saturated heterocycles. The maximum atomic E-state index is 5.82. The van der Waals surface area contributed by atoms with Crippen molar-refractivity contribution in [2.45, 2.75) is 50.7 Å². The zero-order valence-electron chi connectivity index (χ0n) is 11.8. The molecule has 0 spiro atoms. The number of ether oxygens (including phenoxy) is 1. The number of fused-ring (bicyclic) bond motifs is 1. The number of nitrogens with zero attached hydrogens (tertiary/aromatic N) is 1. The number of benzene rings is 1. The Hall–Kier alpha value is -1.55. The second kappa shape index (κ2) is 4.77. The average molecular weight is 272 g/mol. The van der Waals surface area contributed by atoms with Crippen LogP contribution in [0.15, 0.2) is 22.6 Å². The molecule has 0 radical (unpaired) electrons. The summed E-state index contributed by atoms with van der Waals surface area (Å²) in [6.45, 7) is 3.00. The lowest BCUT2D eigenvalue weighted by atomic mass is 10.2. The lowest BCUT2D eigenvalue weighted by molar-refractivity contribution is 0.0637. The van der Waals surface area contributed by atoms with Crippen LogP contribution in [0.2, 0.25) is 0 Å². The standard InChI is InChI=1S/C16H20N2O2/c1-10-2-6-13(19-10)9-17-12-5-7-15-14(8-12)18-16(20-15)11-3-4-11/h5,7-8,10-11,13,17H,2-4,6,9H2,1H3. The number of rotatable bonds is 4. The second-order valence-electron chi connectivity index (χ2n) is 6.04. The van der Waals surface area contributed by atoms with Crippen molar-refractivity contribution in [2.75, 3.05) is 11.9 Å². The topological polar surface area (TPSA) is 47.3 Å². The summed E-state index contributed by atoms with van der Waals surface area (Å²) in [5, 5.41) is 3.45. The highest BCUT2D eigenvalue weighted by Crippen LogP contribution is 2.40. The summed E-state index contributed by atoms with van der Waals surface area (Å²) in [5.74, 6) is 1.47. The molecule has 20 heavy (non-hydrogen) atoms. The van der Waals surface area contributed by atoms with Gasteiger partial charge in [-0.3, -0.25) is 0 Å². The summed E-state index contributed by atoms with van der Waals surface area (Å²) in [6.07, 6.45) is 5.48. The molecule has 4 nitrogen and oxygen atoms in total. The fourth-order valence-corrected chi connectivity index (χ4v) is 2.83. The van der Waals surface area contributed by atoms with Gasteiger partial charge in [0.05, 0.1) is 12.2 Å². The van der Waals surface area contributed by atoms with Crippen LogP contribution >= 0.6 is 0 Å². The zero-order chi connectivity index (χ0) is 13.5. The van der Waals surface area contributed by atoms with Crippen molar-refractivity contribution in [3.8, 4) is 0 Å². The molecule has 4 rings (SSSR count). The van der Waals surface area contributed by atoms with Gasteiger partial charge in [-0.1, -0.05) is 0 Å². The van der Waals surface area contributed by atoms with Crippen molar-refractivity contribution in [3.63, 3.8) is 0 Å².